The Kier molecular flexibility index (Phi) is 5.95. The van der Waals surface area contributed by atoms with Crippen LogP contribution in [0, 0.1) is 0 Å². The van der Waals surface area contributed by atoms with Gasteiger partial charge in [-0.2, -0.15) is 0 Å². The highest BCUT2D eigenvalue weighted by Crippen LogP contribution is 2.14. The Balaban J connectivity index is 2.33. The first-order valence-corrected chi connectivity index (χ1v) is 6.34. The smallest absolute Gasteiger partial charge is 0.277 e. The number of benzene rings is 1. The first kappa shape index (κ1) is 14.8. The monoisotopic (exact) mass is 271 g/mol. The Hall–Kier alpha value is -1.26. The number of carbonyl (C=O) groups is 1. The third kappa shape index (κ3) is 4.55. The van der Waals surface area contributed by atoms with Gasteiger partial charge in [0.05, 0.1) is 7.05 Å². The molecular weight excluding hydrogens is 252 g/mol. The Morgan fingerprint density at radius 1 is 1.44 bits per heavy atom. The summed E-state index contributed by atoms with van der Waals surface area (Å²) in [5, 5.41) is 3.34. The standard InChI is InChI=1S/C13H19ClN2O2/c1-10(13(17)15-2)16(3)8-9-18-12-6-4-11(14)5-7-12/h4-7,10H,8-9H2,1-3H3,(H,15,17)/p+1/t10-/m0/s1. The van der Waals surface area contributed by atoms with E-state index in [9.17, 15) is 4.79 Å². The minimum atomic E-state index is -0.0798. The van der Waals surface area contributed by atoms with E-state index in [1.54, 1.807) is 19.2 Å². The van der Waals surface area contributed by atoms with Crippen molar-refractivity contribution in [2.24, 2.45) is 0 Å². The predicted octanol–water partition coefficient (Wildman–Crippen LogP) is 0.368. The number of amides is 1. The topological polar surface area (TPSA) is 42.8 Å². The van der Waals surface area contributed by atoms with E-state index in [0.29, 0.717) is 11.6 Å². The number of quaternary nitrogens is 1. The number of ether oxygens (including phenoxy) is 1. The van der Waals surface area contributed by atoms with E-state index in [4.69, 9.17) is 16.3 Å². The summed E-state index contributed by atoms with van der Waals surface area (Å²) in [5.41, 5.74) is 0. The van der Waals surface area contributed by atoms with Crippen molar-refractivity contribution in [3.8, 4) is 5.75 Å². The summed E-state index contributed by atoms with van der Waals surface area (Å²) in [6.07, 6.45) is 0. The number of hydrogen-bond donors (Lipinski definition) is 2. The summed E-state index contributed by atoms with van der Waals surface area (Å²) >= 11 is 5.78. The zero-order chi connectivity index (χ0) is 13.5. The lowest BCUT2D eigenvalue weighted by molar-refractivity contribution is -0.894. The molecule has 2 N–H and O–H groups in total. The minimum absolute atomic E-state index is 0.0407. The van der Waals surface area contributed by atoms with Crippen molar-refractivity contribution >= 4 is 17.5 Å². The number of rotatable bonds is 6. The molecule has 4 nitrogen and oxygen atoms in total. The zero-order valence-corrected chi connectivity index (χ0v) is 11.8. The van der Waals surface area contributed by atoms with Crippen LogP contribution in [-0.2, 0) is 4.79 Å². The van der Waals surface area contributed by atoms with Crippen molar-refractivity contribution in [3.63, 3.8) is 0 Å². The SMILES string of the molecule is CNC(=O)[C@H](C)[NH+](C)CCOc1ccc(Cl)cc1. The van der Waals surface area contributed by atoms with Gasteiger partial charge in [-0.05, 0) is 31.2 Å². The fourth-order valence-corrected chi connectivity index (χ4v) is 1.64. The van der Waals surface area contributed by atoms with Gasteiger partial charge in [-0.3, -0.25) is 4.79 Å². The molecule has 0 spiro atoms. The highest BCUT2D eigenvalue weighted by atomic mass is 35.5. The first-order chi connectivity index (χ1) is 8.54. The van der Waals surface area contributed by atoms with Crippen LogP contribution in [0.5, 0.6) is 5.75 Å². The van der Waals surface area contributed by atoms with Gasteiger partial charge in [0.2, 0.25) is 0 Å². The third-order valence-electron chi connectivity index (χ3n) is 2.96. The van der Waals surface area contributed by atoms with Gasteiger partial charge in [0.15, 0.2) is 6.04 Å². The fourth-order valence-electron chi connectivity index (χ4n) is 1.52. The van der Waals surface area contributed by atoms with Crippen LogP contribution < -0.4 is 15.0 Å². The Labute approximate surface area is 113 Å². The van der Waals surface area contributed by atoms with Gasteiger partial charge < -0.3 is 15.0 Å². The number of hydrogen-bond acceptors (Lipinski definition) is 2. The van der Waals surface area contributed by atoms with Crippen molar-refractivity contribution in [3.05, 3.63) is 29.3 Å². The molecule has 0 saturated carbocycles. The summed E-state index contributed by atoms with van der Waals surface area (Å²) in [4.78, 5) is 12.6. The van der Waals surface area contributed by atoms with Gasteiger partial charge in [0, 0.05) is 12.1 Å². The van der Waals surface area contributed by atoms with Crippen LogP contribution in [0.1, 0.15) is 6.92 Å². The molecule has 0 radical (unpaired) electrons. The third-order valence-corrected chi connectivity index (χ3v) is 3.21. The molecular formula is C13H20ClN2O2+. The summed E-state index contributed by atoms with van der Waals surface area (Å²) in [6, 6.07) is 7.17. The number of halogens is 1. The van der Waals surface area contributed by atoms with Crippen LogP contribution in [0.25, 0.3) is 0 Å². The Morgan fingerprint density at radius 3 is 2.61 bits per heavy atom. The van der Waals surface area contributed by atoms with Gasteiger partial charge in [-0.15, -0.1) is 0 Å². The van der Waals surface area contributed by atoms with Crippen molar-refractivity contribution in [2.45, 2.75) is 13.0 Å². The molecule has 18 heavy (non-hydrogen) atoms. The highest BCUT2D eigenvalue weighted by molar-refractivity contribution is 6.30. The summed E-state index contributed by atoms with van der Waals surface area (Å²) < 4.78 is 5.58. The molecule has 5 heteroatoms. The number of carbonyl (C=O) groups excluding carboxylic acids is 1. The van der Waals surface area contributed by atoms with Crippen molar-refractivity contribution in [1.82, 2.24) is 5.32 Å². The number of nitrogens with one attached hydrogen (secondary N) is 2. The molecule has 0 aromatic heterocycles. The van der Waals surface area contributed by atoms with Crippen LogP contribution in [0.15, 0.2) is 24.3 Å². The molecule has 2 atom stereocenters. The second-order valence-corrected chi connectivity index (χ2v) is 4.67. The van der Waals surface area contributed by atoms with Crippen LogP contribution in [-0.4, -0.2) is 39.2 Å². The van der Waals surface area contributed by atoms with E-state index >= 15 is 0 Å². The summed E-state index contributed by atoms with van der Waals surface area (Å²) in [5.74, 6) is 0.832. The van der Waals surface area contributed by atoms with Gasteiger partial charge in [0.25, 0.3) is 5.91 Å². The van der Waals surface area contributed by atoms with Crippen molar-refractivity contribution < 1.29 is 14.4 Å². The van der Waals surface area contributed by atoms with E-state index in [2.05, 4.69) is 5.32 Å². The molecule has 0 aliphatic carbocycles. The molecule has 0 heterocycles. The van der Waals surface area contributed by atoms with Crippen LogP contribution >= 0.6 is 11.6 Å². The maximum absolute atomic E-state index is 11.4. The van der Waals surface area contributed by atoms with E-state index < -0.39 is 0 Å². The molecule has 1 rings (SSSR count). The van der Waals surface area contributed by atoms with E-state index in [-0.39, 0.29) is 11.9 Å². The highest BCUT2D eigenvalue weighted by Gasteiger charge is 2.19. The molecule has 0 bridgehead atoms. The molecule has 1 aromatic carbocycles. The van der Waals surface area contributed by atoms with Crippen LogP contribution in [0.2, 0.25) is 5.02 Å². The summed E-state index contributed by atoms with van der Waals surface area (Å²) in [7, 11) is 3.63. The van der Waals surface area contributed by atoms with Crippen LogP contribution in [0.3, 0.4) is 0 Å². The molecule has 1 unspecified atom stereocenters. The van der Waals surface area contributed by atoms with E-state index in [1.165, 1.54) is 0 Å². The molecule has 1 aromatic rings. The van der Waals surface area contributed by atoms with Gasteiger partial charge in [0.1, 0.15) is 18.9 Å². The lowest BCUT2D eigenvalue weighted by atomic mass is 10.3. The fraction of sp³-hybridized carbons (Fsp3) is 0.462. The Morgan fingerprint density at radius 2 is 2.06 bits per heavy atom. The summed E-state index contributed by atoms with van der Waals surface area (Å²) in [6.45, 7) is 3.22. The normalized spacial score (nSPS) is 13.8. The van der Waals surface area contributed by atoms with Crippen molar-refractivity contribution in [1.29, 1.82) is 0 Å². The maximum atomic E-state index is 11.4. The Bertz CT molecular complexity index is 381. The largest absolute Gasteiger partial charge is 0.488 e. The molecule has 100 valence electrons. The first-order valence-electron chi connectivity index (χ1n) is 5.97. The van der Waals surface area contributed by atoms with E-state index in [1.807, 2.05) is 26.1 Å². The van der Waals surface area contributed by atoms with Gasteiger partial charge >= 0.3 is 0 Å². The average Bonchev–Trinajstić information content (AvgIpc) is 2.39. The second-order valence-electron chi connectivity index (χ2n) is 4.23. The molecule has 0 aliphatic rings. The minimum Gasteiger partial charge on any atom is -0.488 e. The predicted molar refractivity (Wildman–Crippen MR) is 72.2 cm³/mol. The average molecular weight is 272 g/mol. The second kappa shape index (κ2) is 7.24. The van der Waals surface area contributed by atoms with Crippen LogP contribution in [0.4, 0.5) is 0 Å². The number of likely N-dealkylation sites (N-methyl/N-ethyl adjacent to an activating group) is 2. The molecule has 0 aliphatic heterocycles. The maximum Gasteiger partial charge on any atom is 0.277 e. The van der Waals surface area contributed by atoms with Crippen molar-refractivity contribution in [2.75, 3.05) is 27.2 Å². The van der Waals surface area contributed by atoms with E-state index in [0.717, 1.165) is 17.2 Å². The molecule has 1 amide bonds. The molecule has 0 fully saturated rings. The van der Waals surface area contributed by atoms with Gasteiger partial charge in [-0.1, -0.05) is 11.6 Å². The quantitative estimate of drug-likeness (QED) is 0.785. The lowest BCUT2D eigenvalue weighted by Gasteiger charge is -2.20. The zero-order valence-electron chi connectivity index (χ0n) is 11.0. The van der Waals surface area contributed by atoms with Gasteiger partial charge in [-0.25, -0.2) is 0 Å². The lowest BCUT2D eigenvalue weighted by Crippen LogP contribution is -3.14. The molecule has 0 saturated heterocycles.